The Hall–Kier alpha value is -1.66. The second-order valence-corrected chi connectivity index (χ2v) is 5.36. The molecule has 2 aromatic rings. The van der Waals surface area contributed by atoms with Crippen molar-refractivity contribution >= 4 is 22.8 Å². The molecule has 0 aliphatic heterocycles. The van der Waals surface area contributed by atoms with E-state index in [-0.39, 0.29) is 6.04 Å². The molecule has 18 heavy (non-hydrogen) atoms. The summed E-state index contributed by atoms with van der Waals surface area (Å²) in [5, 5.41) is 4.51. The molecule has 0 aromatic carbocycles. The van der Waals surface area contributed by atoms with Gasteiger partial charge in [-0.25, -0.2) is 15.8 Å². The second-order valence-electron chi connectivity index (χ2n) is 4.12. The Morgan fingerprint density at radius 3 is 2.78 bits per heavy atom. The van der Waals surface area contributed by atoms with E-state index in [1.807, 2.05) is 26.0 Å². The average Bonchev–Trinajstić information content (AvgIpc) is 2.69. The molecular weight excluding hydrogens is 246 g/mol. The molecule has 1 atom stereocenters. The number of pyridine rings is 1. The number of nitrogen functional groups attached to an aromatic ring is 1. The number of hydrogen-bond acceptors (Lipinski definition) is 6. The summed E-state index contributed by atoms with van der Waals surface area (Å²) in [6.07, 6.45) is 1.72. The number of aromatic nitrogens is 2. The van der Waals surface area contributed by atoms with Gasteiger partial charge in [0.15, 0.2) is 0 Å². The Balaban J connectivity index is 2.15. The summed E-state index contributed by atoms with van der Waals surface area (Å²) in [5.41, 5.74) is 4.60. The highest BCUT2D eigenvalue weighted by Crippen LogP contribution is 2.27. The lowest BCUT2D eigenvalue weighted by Crippen LogP contribution is -2.10. The van der Waals surface area contributed by atoms with Crippen LogP contribution >= 0.6 is 11.3 Å². The van der Waals surface area contributed by atoms with Crippen molar-refractivity contribution in [3.05, 3.63) is 33.9 Å². The minimum Gasteiger partial charge on any atom is -0.377 e. The molecule has 2 heterocycles. The topological polar surface area (TPSA) is 75.9 Å². The molecule has 0 aliphatic carbocycles. The standard InChI is InChI=1S/C12H17N5S/c1-7-12(18-9(3)15-7)8(2)16-10-4-5-14-11(6-10)17-13/h4-6,8H,13H2,1-3H3,(H2,14,16,17). The molecule has 0 radical (unpaired) electrons. The third-order valence-corrected chi connectivity index (χ3v) is 3.88. The van der Waals surface area contributed by atoms with E-state index in [4.69, 9.17) is 5.84 Å². The van der Waals surface area contributed by atoms with E-state index in [1.165, 1.54) is 4.88 Å². The van der Waals surface area contributed by atoms with Crippen LogP contribution in [0, 0.1) is 13.8 Å². The quantitative estimate of drug-likeness (QED) is 0.584. The van der Waals surface area contributed by atoms with Crippen molar-refractivity contribution in [1.29, 1.82) is 0 Å². The minimum absolute atomic E-state index is 0.212. The number of hydrogen-bond donors (Lipinski definition) is 3. The average molecular weight is 263 g/mol. The Morgan fingerprint density at radius 1 is 1.39 bits per heavy atom. The summed E-state index contributed by atoms with van der Waals surface area (Å²) < 4.78 is 0. The first-order valence-electron chi connectivity index (χ1n) is 5.73. The number of rotatable bonds is 4. The molecule has 0 fully saturated rings. The van der Waals surface area contributed by atoms with Gasteiger partial charge in [0.05, 0.1) is 16.7 Å². The molecule has 2 rings (SSSR count). The van der Waals surface area contributed by atoms with Crippen molar-refractivity contribution in [1.82, 2.24) is 9.97 Å². The molecule has 0 amide bonds. The van der Waals surface area contributed by atoms with Crippen molar-refractivity contribution in [2.24, 2.45) is 5.84 Å². The van der Waals surface area contributed by atoms with Crippen molar-refractivity contribution in [3.63, 3.8) is 0 Å². The van der Waals surface area contributed by atoms with Gasteiger partial charge in [-0.1, -0.05) is 0 Å². The largest absolute Gasteiger partial charge is 0.377 e. The lowest BCUT2D eigenvalue weighted by atomic mass is 10.2. The Kier molecular flexibility index (Phi) is 3.78. The summed E-state index contributed by atoms with van der Waals surface area (Å²) in [5.74, 6) is 5.98. The third-order valence-electron chi connectivity index (χ3n) is 2.62. The maximum absolute atomic E-state index is 5.34. The first kappa shape index (κ1) is 12.8. The maximum Gasteiger partial charge on any atom is 0.141 e. The first-order chi connectivity index (χ1) is 8.60. The van der Waals surface area contributed by atoms with Gasteiger partial charge in [-0.2, -0.15) is 0 Å². The van der Waals surface area contributed by atoms with Gasteiger partial charge in [0.2, 0.25) is 0 Å². The monoisotopic (exact) mass is 263 g/mol. The van der Waals surface area contributed by atoms with Crippen LogP contribution in [-0.4, -0.2) is 9.97 Å². The van der Waals surface area contributed by atoms with Gasteiger partial charge in [0.1, 0.15) is 5.82 Å². The highest BCUT2D eigenvalue weighted by atomic mass is 32.1. The van der Waals surface area contributed by atoms with Crippen LogP contribution in [0.2, 0.25) is 0 Å². The number of aryl methyl sites for hydroxylation is 2. The lowest BCUT2D eigenvalue weighted by Gasteiger charge is -2.14. The van der Waals surface area contributed by atoms with E-state index in [0.717, 1.165) is 16.4 Å². The van der Waals surface area contributed by atoms with Crippen molar-refractivity contribution in [2.45, 2.75) is 26.8 Å². The third kappa shape index (κ3) is 2.77. The Labute approximate surface area is 110 Å². The second kappa shape index (κ2) is 5.32. The molecular formula is C12H17N5S. The summed E-state index contributed by atoms with van der Waals surface area (Å²) in [4.78, 5) is 9.77. The molecule has 0 saturated carbocycles. The first-order valence-corrected chi connectivity index (χ1v) is 6.55. The molecule has 96 valence electrons. The zero-order valence-corrected chi connectivity index (χ0v) is 11.5. The normalized spacial score (nSPS) is 12.2. The zero-order chi connectivity index (χ0) is 13.1. The van der Waals surface area contributed by atoms with Crippen LogP contribution in [0.25, 0.3) is 0 Å². The van der Waals surface area contributed by atoms with Crippen molar-refractivity contribution < 1.29 is 0 Å². The van der Waals surface area contributed by atoms with E-state index in [0.29, 0.717) is 5.82 Å². The summed E-state index contributed by atoms with van der Waals surface area (Å²) in [7, 11) is 0. The van der Waals surface area contributed by atoms with E-state index in [9.17, 15) is 0 Å². The van der Waals surface area contributed by atoms with Gasteiger partial charge in [0.25, 0.3) is 0 Å². The van der Waals surface area contributed by atoms with Crippen molar-refractivity contribution in [3.8, 4) is 0 Å². The van der Waals surface area contributed by atoms with Crippen LogP contribution in [0.1, 0.15) is 28.5 Å². The van der Waals surface area contributed by atoms with Gasteiger partial charge in [-0.05, 0) is 26.8 Å². The number of hydrazine groups is 1. The SMILES string of the molecule is Cc1nc(C)c(C(C)Nc2ccnc(NN)c2)s1. The molecule has 0 saturated heterocycles. The predicted octanol–water partition coefficient (Wildman–Crippen LogP) is 2.61. The van der Waals surface area contributed by atoms with E-state index < -0.39 is 0 Å². The highest BCUT2D eigenvalue weighted by molar-refractivity contribution is 7.11. The predicted molar refractivity (Wildman–Crippen MR) is 75.7 cm³/mol. The summed E-state index contributed by atoms with van der Waals surface area (Å²) in [6, 6.07) is 4.00. The van der Waals surface area contributed by atoms with Crippen LogP contribution in [0.3, 0.4) is 0 Å². The Morgan fingerprint density at radius 2 is 2.17 bits per heavy atom. The Bertz CT molecular complexity index is 537. The van der Waals surface area contributed by atoms with E-state index in [2.05, 4.69) is 27.6 Å². The van der Waals surface area contributed by atoms with E-state index >= 15 is 0 Å². The van der Waals surface area contributed by atoms with Crippen LogP contribution in [0.15, 0.2) is 18.3 Å². The lowest BCUT2D eigenvalue weighted by molar-refractivity contribution is 0.889. The van der Waals surface area contributed by atoms with Crippen LogP contribution in [0.5, 0.6) is 0 Å². The number of anilines is 2. The van der Waals surface area contributed by atoms with E-state index in [1.54, 1.807) is 17.5 Å². The smallest absolute Gasteiger partial charge is 0.141 e. The number of thiazole rings is 1. The van der Waals surface area contributed by atoms with Crippen LogP contribution < -0.4 is 16.6 Å². The fourth-order valence-corrected chi connectivity index (χ4v) is 2.79. The number of nitrogens with zero attached hydrogens (tertiary/aromatic N) is 2. The molecule has 0 spiro atoms. The van der Waals surface area contributed by atoms with Gasteiger partial charge in [-0.3, -0.25) is 0 Å². The van der Waals surface area contributed by atoms with Gasteiger partial charge in [0, 0.05) is 22.8 Å². The number of nitrogens with two attached hydrogens (primary N) is 1. The van der Waals surface area contributed by atoms with Crippen LogP contribution in [-0.2, 0) is 0 Å². The minimum atomic E-state index is 0.212. The number of nitrogens with one attached hydrogen (secondary N) is 2. The molecule has 0 bridgehead atoms. The fourth-order valence-electron chi connectivity index (χ4n) is 1.86. The summed E-state index contributed by atoms with van der Waals surface area (Å²) in [6.45, 7) is 6.18. The fraction of sp³-hybridized carbons (Fsp3) is 0.333. The summed E-state index contributed by atoms with van der Waals surface area (Å²) >= 11 is 1.72. The van der Waals surface area contributed by atoms with Crippen molar-refractivity contribution in [2.75, 3.05) is 10.7 Å². The molecule has 2 aromatic heterocycles. The maximum atomic E-state index is 5.34. The highest BCUT2D eigenvalue weighted by Gasteiger charge is 2.12. The molecule has 5 nitrogen and oxygen atoms in total. The van der Waals surface area contributed by atoms with Crippen LogP contribution in [0.4, 0.5) is 11.5 Å². The van der Waals surface area contributed by atoms with Gasteiger partial charge < -0.3 is 10.7 Å². The zero-order valence-electron chi connectivity index (χ0n) is 10.7. The molecule has 1 unspecified atom stereocenters. The van der Waals surface area contributed by atoms with Gasteiger partial charge in [-0.15, -0.1) is 11.3 Å². The molecule has 4 N–H and O–H groups in total. The van der Waals surface area contributed by atoms with Gasteiger partial charge >= 0.3 is 0 Å². The molecule has 0 aliphatic rings. The molecule has 6 heteroatoms.